The van der Waals surface area contributed by atoms with Crippen molar-refractivity contribution in [3.8, 4) is 16.3 Å². The number of carbonyl (C=O) groups excluding carboxylic acids is 2. The van der Waals surface area contributed by atoms with Gasteiger partial charge in [0.15, 0.2) is 0 Å². The van der Waals surface area contributed by atoms with Gasteiger partial charge in [0, 0.05) is 25.5 Å². The number of esters is 1. The van der Waals surface area contributed by atoms with Gasteiger partial charge in [-0.3, -0.25) is 9.59 Å². The number of carbonyl (C=O) groups is 2. The SMILES string of the molecule is CC(=O)Nc1ccc(-c2nc3cc(OC(C)=O)ccc3s2)cc1Cl. The van der Waals surface area contributed by atoms with Gasteiger partial charge in [0.2, 0.25) is 5.91 Å². The molecule has 5 nitrogen and oxygen atoms in total. The molecule has 3 aromatic rings. The third-order valence-corrected chi connectivity index (χ3v) is 4.55. The van der Waals surface area contributed by atoms with Crippen molar-refractivity contribution in [1.29, 1.82) is 0 Å². The molecule has 0 saturated heterocycles. The molecule has 0 fully saturated rings. The largest absolute Gasteiger partial charge is 0.427 e. The summed E-state index contributed by atoms with van der Waals surface area (Å²) in [5, 5.41) is 3.91. The predicted molar refractivity (Wildman–Crippen MR) is 95.7 cm³/mol. The van der Waals surface area contributed by atoms with Gasteiger partial charge >= 0.3 is 5.97 Å². The molecule has 0 aliphatic rings. The van der Waals surface area contributed by atoms with Crippen LogP contribution in [0, 0.1) is 0 Å². The molecule has 0 bridgehead atoms. The van der Waals surface area contributed by atoms with Crippen LogP contribution in [0.3, 0.4) is 0 Å². The van der Waals surface area contributed by atoms with Crippen LogP contribution < -0.4 is 10.1 Å². The van der Waals surface area contributed by atoms with E-state index in [1.54, 1.807) is 24.3 Å². The van der Waals surface area contributed by atoms with E-state index in [1.807, 2.05) is 12.1 Å². The summed E-state index contributed by atoms with van der Waals surface area (Å²) in [4.78, 5) is 26.7. The van der Waals surface area contributed by atoms with E-state index in [0.717, 1.165) is 20.8 Å². The summed E-state index contributed by atoms with van der Waals surface area (Å²) in [6, 6.07) is 10.7. The molecule has 24 heavy (non-hydrogen) atoms. The lowest BCUT2D eigenvalue weighted by atomic mass is 10.2. The maximum atomic E-state index is 11.1. The maximum Gasteiger partial charge on any atom is 0.308 e. The number of nitrogens with one attached hydrogen (secondary N) is 1. The van der Waals surface area contributed by atoms with E-state index in [2.05, 4.69) is 10.3 Å². The second kappa shape index (κ2) is 6.59. The lowest BCUT2D eigenvalue weighted by molar-refractivity contribution is -0.131. The first-order valence-electron chi connectivity index (χ1n) is 7.09. The Hall–Kier alpha value is -2.44. The van der Waals surface area contributed by atoms with Crippen LogP contribution in [0.15, 0.2) is 36.4 Å². The molecule has 1 amide bonds. The Morgan fingerprint density at radius 3 is 2.62 bits per heavy atom. The number of anilines is 1. The van der Waals surface area contributed by atoms with E-state index < -0.39 is 0 Å². The molecule has 0 aliphatic heterocycles. The number of halogens is 1. The standard InChI is InChI=1S/C17H13ClN2O3S/c1-9(21)19-14-5-3-11(7-13(14)18)17-20-15-8-12(23-10(2)22)4-6-16(15)24-17/h3-8H,1-2H3,(H,19,21). The van der Waals surface area contributed by atoms with Gasteiger partial charge in [-0.2, -0.15) is 0 Å². The number of benzene rings is 2. The van der Waals surface area contributed by atoms with Gasteiger partial charge in [-0.25, -0.2) is 4.98 Å². The molecular formula is C17H13ClN2O3S. The number of hydrogen-bond donors (Lipinski definition) is 1. The van der Waals surface area contributed by atoms with E-state index >= 15 is 0 Å². The number of nitrogens with zero attached hydrogens (tertiary/aromatic N) is 1. The zero-order valence-electron chi connectivity index (χ0n) is 12.9. The summed E-state index contributed by atoms with van der Waals surface area (Å²) in [7, 11) is 0. The average molecular weight is 361 g/mol. The second-order valence-corrected chi connectivity index (χ2v) is 6.56. The first kappa shape index (κ1) is 16.4. The lowest BCUT2D eigenvalue weighted by Crippen LogP contribution is -2.05. The number of fused-ring (bicyclic) bond motifs is 1. The Kier molecular flexibility index (Phi) is 4.51. The van der Waals surface area contributed by atoms with E-state index in [-0.39, 0.29) is 11.9 Å². The van der Waals surface area contributed by atoms with Gasteiger partial charge in [0.25, 0.3) is 0 Å². The van der Waals surface area contributed by atoms with Crippen LogP contribution in [-0.4, -0.2) is 16.9 Å². The van der Waals surface area contributed by atoms with Crippen LogP contribution in [-0.2, 0) is 9.59 Å². The third-order valence-electron chi connectivity index (χ3n) is 3.15. The Bertz CT molecular complexity index is 952. The zero-order valence-corrected chi connectivity index (χ0v) is 14.5. The van der Waals surface area contributed by atoms with Crippen LogP contribution in [0.4, 0.5) is 5.69 Å². The first-order chi connectivity index (χ1) is 11.4. The minimum absolute atomic E-state index is 0.178. The fraction of sp³-hybridized carbons (Fsp3) is 0.118. The molecule has 0 aliphatic carbocycles. The zero-order chi connectivity index (χ0) is 17.3. The highest BCUT2D eigenvalue weighted by Gasteiger charge is 2.10. The van der Waals surface area contributed by atoms with Gasteiger partial charge in [0.05, 0.1) is 20.9 Å². The quantitative estimate of drug-likeness (QED) is 0.551. The van der Waals surface area contributed by atoms with Crippen LogP contribution in [0.1, 0.15) is 13.8 Å². The van der Waals surface area contributed by atoms with Crippen molar-refractivity contribution in [2.75, 3.05) is 5.32 Å². The van der Waals surface area contributed by atoms with E-state index in [1.165, 1.54) is 25.2 Å². The Balaban J connectivity index is 1.95. The summed E-state index contributed by atoms with van der Waals surface area (Å²) in [6.07, 6.45) is 0. The molecular weight excluding hydrogens is 348 g/mol. The lowest BCUT2D eigenvalue weighted by Gasteiger charge is -2.05. The van der Waals surface area contributed by atoms with Crippen molar-refractivity contribution in [2.45, 2.75) is 13.8 Å². The van der Waals surface area contributed by atoms with E-state index in [4.69, 9.17) is 16.3 Å². The van der Waals surface area contributed by atoms with Gasteiger partial charge in [0.1, 0.15) is 10.8 Å². The van der Waals surface area contributed by atoms with Crippen molar-refractivity contribution in [2.24, 2.45) is 0 Å². The van der Waals surface area contributed by atoms with Gasteiger partial charge in [-0.15, -0.1) is 11.3 Å². The predicted octanol–water partition coefficient (Wildman–Crippen LogP) is 4.50. The normalized spacial score (nSPS) is 10.6. The molecule has 2 aromatic carbocycles. The van der Waals surface area contributed by atoms with Crippen LogP contribution in [0.2, 0.25) is 5.02 Å². The number of thiazole rings is 1. The molecule has 0 radical (unpaired) electrons. The van der Waals surface area contributed by atoms with Gasteiger partial charge < -0.3 is 10.1 Å². The Labute approximate surface area is 147 Å². The van der Waals surface area contributed by atoms with Crippen LogP contribution >= 0.6 is 22.9 Å². The molecule has 0 atom stereocenters. The topological polar surface area (TPSA) is 68.3 Å². The molecule has 122 valence electrons. The smallest absolute Gasteiger partial charge is 0.308 e. The van der Waals surface area contributed by atoms with Crippen molar-refractivity contribution in [3.05, 3.63) is 41.4 Å². The number of amides is 1. The number of aromatic nitrogens is 1. The van der Waals surface area contributed by atoms with E-state index in [9.17, 15) is 9.59 Å². The van der Waals surface area contributed by atoms with Crippen molar-refractivity contribution < 1.29 is 14.3 Å². The molecule has 1 heterocycles. The minimum atomic E-state index is -0.370. The van der Waals surface area contributed by atoms with Crippen LogP contribution in [0.25, 0.3) is 20.8 Å². The summed E-state index contributed by atoms with van der Waals surface area (Å²) in [5.41, 5.74) is 2.16. The number of hydrogen-bond acceptors (Lipinski definition) is 5. The number of rotatable bonds is 3. The molecule has 0 saturated carbocycles. The highest BCUT2D eigenvalue weighted by atomic mass is 35.5. The Morgan fingerprint density at radius 2 is 1.96 bits per heavy atom. The summed E-state index contributed by atoms with van der Waals surface area (Å²) in [5.74, 6) is -0.0846. The fourth-order valence-electron chi connectivity index (χ4n) is 2.20. The molecule has 0 spiro atoms. The highest BCUT2D eigenvalue weighted by Crippen LogP contribution is 2.35. The van der Waals surface area contributed by atoms with Gasteiger partial charge in [-0.1, -0.05) is 11.6 Å². The summed E-state index contributed by atoms with van der Waals surface area (Å²) < 4.78 is 6.05. The van der Waals surface area contributed by atoms with Gasteiger partial charge in [-0.05, 0) is 30.3 Å². The monoisotopic (exact) mass is 360 g/mol. The summed E-state index contributed by atoms with van der Waals surface area (Å²) in [6.45, 7) is 2.79. The highest BCUT2D eigenvalue weighted by molar-refractivity contribution is 7.21. The van der Waals surface area contributed by atoms with Crippen molar-refractivity contribution >= 4 is 50.7 Å². The van der Waals surface area contributed by atoms with E-state index in [0.29, 0.717) is 16.5 Å². The molecule has 1 aromatic heterocycles. The Morgan fingerprint density at radius 1 is 1.17 bits per heavy atom. The third kappa shape index (κ3) is 3.55. The second-order valence-electron chi connectivity index (χ2n) is 5.12. The average Bonchev–Trinajstić information content (AvgIpc) is 2.91. The maximum absolute atomic E-state index is 11.1. The molecule has 3 rings (SSSR count). The molecule has 0 unspecified atom stereocenters. The first-order valence-corrected chi connectivity index (χ1v) is 8.28. The van der Waals surface area contributed by atoms with Crippen LogP contribution in [0.5, 0.6) is 5.75 Å². The summed E-state index contributed by atoms with van der Waals surface area (Å²) >= 11 is 7.72. The van der Waals surface area contributed by atoms with Crippen molar-refractivity contribution in [1.82, 2.24) is 4.98 Å². The minimum Gasteiger partial charge on any atom is -0.427 e. The molecule has 1 N–H and O–H groups in total. The number of ether oxygens (including phenoxy) is 1. The van der Waals surface area contributed by atoms with Crippen molar-refractivity contribution in [3.63, 3.8) is 0 Å². The molecule has 7 heteroatoms. The fourth-order valence-corrected chi connectivity index (χ4v) is 3.37.